The zero-order valence-corrected chi connectivity index (χ0v) is 14.9. The van der Waals surface area contributed by atoms with Gasteiger partial charge in [0.1, 0.15) is 0 Å². The predicted molar refractivity (Wildman–Crippen MR) is 107 cm³/mol. The standard InChI is InChI=1S/C24H16Si/c1-4-10-22(11-5-1)16-19-25(20-17-23-12-6-2-7-13-23)21-18-24-14-8-3-9-15-24/h1-15,25H. The summed E-state index contributed by atoms with van der Waals surface area (Å²) in [6.45, 7) is 0. The van der Waals surface area contributed by atoms with Crippen molar-refractivity contribution in [1.82, 2.24) is 0 Å². The van der Waals surface area contributed by atoms with Crippen LogP contribution >= 0.6 is 0 Å². The maximum Gasteiger partial charge on any atom is 0.277 e. The van der Waals surface area contributed by atoms with Crippen molar-refractivity contribution in [2.75, 3.05) is 0 Å². The second-order valence-electron chi connectivity index (χ2n) is 5.34. The third-order valence-corrected chi connectivity index (χ3v) is 4.70. The Balaban J connectivity index is 1.88. The lowest BCUT2D eigenvalue weighted by Crippen LogP contribution is -2.05. The van der Waals surface area contributed by atoms with Gasteiger partial charge in [0.2, 0.25) is 0 Å². The molecule has 0 atom stereocenters. The molecule has 0 fully saturated rings. The van der Waals surface area contributed by atoms with Gasteiger partial charge >= 0.3 is 0 Å². The van der Waals surface area contributed by atoms with E-state index in [-0.39, 0.29) is 0 Å². The first-order valence-corrected chi connectivity index (χ1v) is 9.83. The first-order valence-electron chi connectivity index (χ1n) is 8.10. The number of rotatable bonds is 0. The summed E-state index contributed by atoms with van der Waals surface area (Å²) in [5.41, 5.74) is 13.0. The Hall–Kier alpha value is -3.44. The highest BCUT2D eigenvalue weighted by atomic mass is 28.3. The summed E-state index contributed by atoms with van der Waals surface area (Å²) in [6, 6.07) is 30.0. The van der Waals surface area contributed by atoms with Gasteiger partial charge in [0, 0.05) is 16.7 Å². The molecule has 1 heteroatoms. The molecule has 0 radical (unpaired) electrons. The molecule has 0 unspecified atom stereocenters. The molecule has 0 N–H and O–H groups in total. The maximum atomic E-state index is 3.32. The fourth-order valence-electron chi connectivity index (χ4n) is 2.14. The van der Waals surface area contributed by atoms with Crippen LogP contribution in [0.15, 0.2) is 91.0 Å². The molecule has 116 valence electrons. The molecule has 0 aliphatic heterocycles. The van der Waals surface area contributed by atoms with Gasteiger partial charge in [-0.2, -0.15) is 0 Å². The molecular formula is C24H16Si. The Morgan fingerprint density at radius 1 is 0.400 bits per heavy atom. The average molecular weight is 332 g/mol. The van der Waals surface area contributed by atoms with E-state index < -0.39 is 8.80 Å². The summed E-state index contributed by atoms with van der Waals surface area (Å²) < 4.78 is 0. The fraction of sp³-hybridized carbons (Fsp3) is 0. The van der Waals surface area contributed by atoms with Gasteiger partial charge in [-0.25, -0.2) is 0 Å². The fourth-order valence-corrected chi connectivity index (χ4v) is 3.29. The van der Waals surface area contributed by atoms with E-state index in [0.29, 0.717) is 0 Å². The summed E-state index contributed by atoms with van der Waals surface area (Å²) in [4.78, 5) is 0. The van der Waals surface area contributed by atoms with Gasteiger partial charge in [0.15, 0.2) is 0 Å². The largest absolute Gasteiger partial charge is 0.277 e. The Labute approximate surface area is 151 Å². The molecule has 0 nitrogen and oxygen atoms in total. The molecule has 0 saturated heterocycles. The van der Waals surface area contributed by atoms with E-state index >= 15 is 0 Å². The van der Waals surface area contributed by atoms with E-state index in [4.69, 9.17) is 0 Å². The van der Waals surface area contributed by atoms with Crippen LogP contribution < -0.4 is 0 Å². The van der Waals surface area contributed by atoms with E-state index in [9.17, 15) is 0 Å². The molecule has 0 bridgehead atoms. The van der Waals surface area contributed by atoms with Crippen molar-refractivity contribution in [3.05, 3.63) is 108 Å². The van der Waals surface area contributed by atoms with Crippen molar-refractivity contribution >= 4 is 8.80 Å². The monoisotopic (exact) mass is 332 g/mol. The second-order valence-corrected chi connectivity index (χ2v) is 7.07. The summed E-state index contributed by atoms with van der Waals surface area (Å²) in [7, 11) is -1.83. The summed E-state index contributed by atoms with van der Waals surface area (Å²) in [5.74, 6) is 9.67. The van der Waals surface area contributed by atoms with Crippen LogP contribution in [0.3, 0.4) is 0 Å². The minimum Gasteiger partial charge on any atom is -0.0988 e. The molecule has 3 rings (SSSR count). The lowest BCUT2D eigenvalue weighted by Gasteiger charge is -1.92. The van der Waals surface area contributed by atoms with Crippen LogP contribution in [0.25, 0.3) is 0 Å². The van der Waals surface area contributed by atoms with Crippen molar-refractivity contribution in [3.63, 3.8) is 0 Å². The molecule has 0 aliphatic rings. The highest BCUT2D eigenvalue weighted by molar-refractivity contribution is 6.82. The normalized spacial score (nSPS) is 9.00. The molecule has 0 amide bonds. The SMILES string of the molecule is C(#C[SiH](C#Cc1ccccc1)C#Cc1ccccc1)c1ccccc1. The van der Waals surface area contributed by atoms with E-state index in [1.807, 2.05) is 91.0 Å². The third kappa shape index (κ3) is 5.60. The Morgan fingerprint density at radius 2 is 0.680 bits per heavy atom. The first-order chi connectivity index (χ1) is 12.4. The van der Waals surface area contributed by atoms with Crippen molar-refractivity contribution in [3.8, 4) is 34.4 Å². The first kappa shape index (κ1) is 16.4. The topological polar surface area (TPSA) is 0 Å². The lowest BCUT2D eigenvalue weighted by molar-refractivity contribution is 1.65. The van der Waals surface area contributed by atoms with Crippen LogP contribution in [-0.4, -0.2) is 8.80 Å². The second kappa shape index (κ2) is 9.00. The van der Waals surface area contributed by atoms with Crippen molar-refractivity contribution in [2.45, 2.75) is 0 Å². The number of benzene rings is 3. The zero-order chi connectivity index (χ0) is 17.2. The van der Waals surface area contributed by atoms with Gasteiger partial charge in [0.25, 0.3) is 8.80 Å². The van der Waals surface area contributed by atoms with Gasteiger partial charge < -0.3 is 0 Å². The van der Waals surface area contributed by atoms with Crippen molar-refractivity contribution in [2.24, 2.45) is 0 Å². The smallest absolute Gasteiger partial charge is 0.0988 e. The van der Waals surface area contributed by atoms with E-state index in [2.05, 4.69) is 34.4 Å². The summed E-state index contributed by atoms with van der Waals surface area (Å²) >= 11 is 0. The molecule has 0 aromatic heterocycles. The van der Waals surface area contributed by atoms with Gasteiger partial charge in [-0.1, -0.05) is 89.0 Å². The quantitative estimate of drug-likeness (QED) is 0.431. The average Bonchev–Trinajstić information content (AvgIpc) is 2.70. The molecule has 0 spiro atoms. The molecule has 0 heterocycles. The van der Waals surface area contributed by atoms with Crippen molar-refractivity contribution in [1.29, 1.82) is 0 Å². The van der Waals surface area contributed by atoms with Crippen LogP contribution in [0.4, 0.5) is 0 Å². The van der Waals surface area contributed by atoms with Gasteiger partial charge in [0.05, 0.1) is 0 Å². The Kier molecular flexibility index (Phi) is 5.91. The zero-order valence-electron chi connectivity index (χ0n) is 13.7. The summed E-state index contributed by atoms with van der Waals surface area (Å²) in [5, 5.41) is 0. The van der Waals surface area contributed by atoms with Crippen molar-refractivity contribution < 1.29 is 0 Å². The summed E-state index contributed by atoms with van der Waals surface area (Å²) in [6.07, 6.45) is 0. The third-order valence-electron chi connectivity index (χ3n) is 3.40. The van der Waals surface area contributed by atoms with E-state index in [0.717, 1.165) is 16.7 Å². The number of hydrogen-bond acceptors (Lipinski definition) is 0. The minimum atomic E-state index is -1.83. The lowest BCUT2D eigenvalue weighted by atomic mass is 10.2. The highest BCUT2D eigenvalue weighted by Crippen LogP contribution is 1.98. The molecule has 0 saturated carbocycles. The molecule has 3 aromatic carbocycles. The van der Waals surface area contributed by atoms with Gasteiger partial charge in [-0.05, 0) is 36.4 Å². The molecule has 25 heavy (non-hydrogen) atoms. The molecule has 3 aromatic rings. The van der Waals surface area contributed by atoms with Crippen LogP contribution in [-0.2, 0) is 0 Å². The van der Waals surface area contributed by atoms with Gasteiger partial charge in [-0.15, -0.1) is 0 Å². The van der Waals surface area contributed by atoms with Gasteiger partial charge in [-0.3, -0.25) is 0 Å². The van der Waals surface area contributed by atoms with Crippen LogP contribution in [0, 0.1) is 34.4 Å². The maximum absolute atomic E-state index is 3.32. The molecule has 0 aliphatic carbocycles. The molecular weight excluding hydrogens is 316 g/mol. The Bertz CT molecular complexity index is 850. The highest BCUT2D eigenvalue weighted by Gasteiger charge is 1.98. The van der Waals surface area contributed by atoms with Crippen LogP contribution in [0.2, 0.25) is 0 Å². The van der Waals surface area contributed by atoms with E-state index in [1.165, 1.54) is 0 Å². The van der Waals surface area contributed by atoms with Crippen LogP contribution in [0.5, 0.6) is 0 Å². The minimum absolute atomic E-state index is 1.00. The van der Waals surface area contributed by atoms with E-state index in [1.54, 1.807) is 0 Å². The van der Waals surface area contributed by atoms with Crippen LogP contribution in [0.1, 0.15) is 16.7 Å². The predicted octanol–water partition coefficient (Wildman–Crippen LogP) is 3.99. The Morgan fingerprint density at radius 3 is 0.960 bits per heavy atom. The number of hydrogen-bond donors (Lipinski definition) is 0.